The number of hydrogen-bond acceptors (Lipinski definition) is 4. The van der Waals surface area contributed by atoms with Crippen LogP contribution in [-0.4, -0.2) is 9.97 Å². The van der Waals surface area contributed by atoms with Gasteiger partial charge >= 0.3 is 0 Å². The lowest BCUT2D eigenvalue weighted by molar-refractivity contribution is 0.830. The van der Waals surface area contributed by atoms with Crippen LogP contribution in [0.2, 0.25) is 5.15 Å². The summed E-state index contributed by atoms with van der Waals surface area (Å²) in [5, 5.41) is 5.93. The molecule has 3 nitrogen and oxygen atoms in total. The first kappa shape index (κ1) is 14.8. The van der Waals surface area contributed by atoms with E-state index in [0.717, 1.165) is 41.1 Å². The summed E-state index contributed by atoms with van der Waals surface area (Å²) in [5.41, 5.74) is 0.897. The van der Waals surface area contributed by atoms with Gasteiger partial charge in [0, 0.05) is 21.3 Å². The molecule has 2 aromatic heterocycles. The molecular weight excluding hydrogens is 346 g/mol. The molecule has 0 fully saturated rings. The maximum absolute atomic E-state index is 6.15. The Morgan fingerprint density at radius 3 is 2.84 bits per heavy atom. The smallest absolute Gasteiger partial charge is 0.137 e. The fraction of sp³-hybridized carbons (Fsp3) is 0.385. The Morgan fingerprint density at radius 1 is 1.42 bits per heavy atom. The van der Waals surface area contributed by atoms with Gasteiger partial charge in [0.15, 0.2) is 0 Å². The van der Waals surface area contributed by atoms with E-state index < -0.39 is 0 Å². The van der Waals surface area contributed by atoms with E-state index in [-0.39, 0.29) is 0 Å². The summed E-state index contributed by atoms with van der Waals surface area (Å²) in [5.74, 6) is 1.62. The number of nitrogens with zero attached hydrogens (tertiary/aromatic N) is 2. The van der Waals surface area contributed by atoms with Crippen LogP contribution >= 0.6 is 38.9 Å². The Kier molecular flexibility index (Phi) is 5.19. The van der Waals surface area contributed by atoms with E-state index >= 15 is 0 Å². The van der Waals surface area contributed by atoms with E-state index in [4.69, 9.17) is 11.6 Å². The first-order chi connectivity index (χ1) is 9.11. The molecule has 0 saturated carbocycles. The Bertz CT molecular complexity index is 571. The van der Waals surface area contributed by atoms with Crippen molar-refractivity contribution in [1.82, 2.24) is 9.97 Å². The standard InChI is InChI=1S/C13H15BrClN3S/c1-3-4-11-17-12(15)8(2)13(18-11)16-7-10-9(14)5-6-19-10/h5-6H,3-4,7H2,1-2H3,(H,16,17,18). The van der Waals surface area contributed by atoms with E-state index in [2.05, 4.69) is 43.5 Å². The van der Waals surface area contributed by atoms with Crippen molar-refractivity contribution in [1.29, 1.82) is 0 Å². The number of aryl methyl sites for hydroxylation is 1. The van der Waals surface area contributed by atoms with Crippen LogP contribution in [0.4, 0.5) is 5.82 Å². The third kappa shape index (κ3) is 3.68. The molecular formula is C13H15BrClN3S. The van der Waals surface area contributed by atoms with Crippen molar-refractivity contribution in [2.45, 2.75) is 33.2 Å². The molecule has 102 valence electrons. The van der Waals surface area contributed by atoms with E-state index in [0.29, 0.717) is 5.15 Å². The van der Waals surface area contributed by atoms with Crippen LogP contribution in [0, 0.1) is 6.92 Å². The van der Waals surface area contributed by atoms with Crippen molar-refractivity contribution in [2.24, 2.45) is 0 Å². The van der Waals surface area contributed by atoms with Crippen LogP contribution in [0.15, 0.2) is 15.9 Å². The van der Waals surface area contributed by atoms with Gasteiger partial charge in [0.1, 0.15) is 16.8 Å². The van der Waals surface area contributed by atoms with Crippen LogP contribution < -0.4 is 5.32 Å². The van der Waals surface area contributed by atoms with Gasteiger partial charge in [-0.3, -0.25) is 0 Å². The highest BCUT2D eigenvalue weighted by Gasteiger charge is 2.10. The van der Waals surface area contributed by atoms with Crippen LogP contribution in [0.3, 0.4) is 0 Å². The number of thiophene rings is 1. The summed E-state index contributed by atoms with van der Waals surface area (Å²) in [7, 11) is 0. The number of rotatable bonds is 5. The third-order valence-electron chi connectivity index (χ3n) is 2.71. The zero-order valence-electron chi connectivity index (χ0n) is 10.8. The Hall–Kier alpha value is -0.650. The molecule has 0 aromatic carbocycles. The molecule has 19 heavy (non-hydrogen) atoms. The predicted molar refractivity (Wildman–Crippen MR) is 85.1 cm³/mol. The highest BCUT2D eigenvalue weighted by atomic mass is 79.9. The molecule has 2 aromatic rings. The van der Waals surface area contributed by atoms with Gasteiger partial charge in [0.25, 0.3) is 0 Å². The summed E-state index contributed by atoms with van der Waals surface area (Å²) >= 11 is 11.4. The van der Waals surface area contributed by atoms with Crippen molar-refractivity contribution >= 4 is 44.7 Å². The number of halogens is 2. The van der Waals surface area contributed by atoms with Crippen LogP contribution in [0.25, 0.3) is 0 Å². The van der Waals surface area contributed by atoms with Gasteiger partial charge in [0.2, 0.25) is 0 Å². The van der Waals surface area contributed by atoms with E-state index in [1.165, 1.54) is 4.88 Å². The number of aromatic nitrogens is 2. The summed E-state index contributed by atoms with van der Waals surface area (Å²) in [6.45, 7) is 4.77. The number of hydrogen-bond donors (Lipinski definition) is 1. The minimum Gasteiger partial charge on any atom is -0.365 e. The SMILES string of the molecule is CCCc1nc(Cl)c(C)c(NCc2sccc2Br)n1. The summed E-state index contributed by atoms with van der Waals surface area (Å²) < 4.78 is 1.12. The van der Waals surface area contributed by atoms with Gasteiger partial charge in [-0.25, -0.2) is 9.97 Å². The summed E-state index contributed by atoms with van der Waals surface area (Å²) in [6, 6.07) is 2.05. The van der Waals surface area contributed by atoms with Crippen LogP contribution in [0.1, 0.15) is 29.6 Å². The van der Waals surface area contributed by atoms with Crippen molar-refractivity contribution in [2.75, 3.05) is 5.32 Å². The molecule has 1 N–H and O–H groups in total. The minimum absolute atomic E-state index is 0.534. The molecule has 0 unspecified atom stereocenters. The molecule has 0 amide bonds. The molecule has 6 heteroatoms. The number of anilines is 1. The lowest BCUT2D eigenvalue weighted by Crippen LogP contribution is -2.07. The summed E-state index contributed by atoms with van der Waals surface area (Å²) in [4.78, 5) is 10.1. The molecule has 0 aliphatic heterocycles. The molecule has 2 rings (SSSR count). The monoisotopic (exact) mass is 359 g/mol. The van der Waals surface area contributed by atoms with Crippen LogP contribution in [0.5, 0.6) is 0 Å². The zero-order valence-corrected chi connectivity index (χ0v) is 14.0. The maximum Gasteiger partial charge on any atom is 0.137 e. The lowest BCUT2D eigenvalue weighted by Gasteiger charge is -2.10. The van der Waals surface area contributed by atoms with Crippen molar-refractivity contribution in [3.63, 3.8) is 0 Å². The Labute approximate surface area is 130 Å². The normalized spacial score (nSPS) is 10.7. The zero-order chi connectivity index (χ0) is 13.8. The Morgan fingerprint density at radius 2 is 2.21 bits per heavy atom. The highest BCUT2D eigenvalue weighted by Crippen LogP contribution is 2.25. The lowest BCUT2D eigenvalue weighted by atomic mass is 10.3. The maximum atomic E-state index is 6.15. The first-order valence-electron chi connectivity index (χ1n) is 6.10. The molecule has 0 spiro atoms. The largest absolute Gasteiger partial charge is 0.365 e. The molecule has 0 radical (unpaired) electrons. The molecule has 0 bridgehead atoms. The second-order valence-electron chi connectivity index (χ2n) is 4.20. The van der Waals surface area contributed by atoms with Gasteiger partial charge in [-0.15, -0.1) is 11.3 Å². The highest BCUT2D eigenvalue weighted by molar-refractivity contribution is 9.10. The third-order valence-corrected chi connectivity index (χ3v) is 5.01. The second kappa shape index (κ2) is 6.68. The van der Waals surface area contributed by atoms with E-state index in [1.54, 1.807) is 11.3 Å². The first-order valence-corrected chi connectivity index (χ1v) is 8.15. The van der Waals surface area contributed by atoms with Gasteiger partial charge in [-0.05, 0) is 40.7 Å². The van der Waals surface area contributed by atoms with Crippen LogP contribution in [-0.2, 0) is 13.0 Å². The molecule has 2 heterocycles. The molecule has 0 aliphatic rings. The minimum atomic E-state index is 0.534. The summed E-state index contributed by atoms with van der Waals surface area (Å²) in [6.07, 6.45) is 1.85. The van der Waals surface area contributed by atoms with Crippen molar-refractivity contribution in [3.05, 3.63) is 37.3 Å². The van der Waals surface area contributed by atoms with E-state index in [9.17, 15) is 0 Å². The molecule has 0 atom stereocenters. The van der Waals surface area contributed by atoms with Gasteiger partial charge in [-0.1, -0.05) is 18.5 Å². The fourth-order valence-corrected chi connectivity index (χ4v) is 3.27. The molecule has 0 aliphatic carbocycles. The van der Waals surface area contributed by atoms with Gasteiger partial charge in [0.05, 0.1) is 6.54 Å². The topological polar surface area (TPSA) is 37.8 Å². The van der Waals surface area contributed by atoms with Gasteiger partial charge < -0.3 is 5.32 Å². The average molecular weight is 361 g/mol. The average Bonchev–Trinajstić information content (AvgIpc) is 2.78. The second-order valence-corrected chi connectivity index (χ2v) is 6.41. The van der Waals surface area contributed by atoms with Gasteiger partial charge in [-0.2, -0.15) is 0 Å². The predicted octanol–water partition coefficient (Wildman–Crippen LogP) is 4.83. The van der Waals surface area contributed by atoms with E-state index in [1.807, 2.05) is 13.0 Å². The Balaban J connectivity index is 2.17. The van der Waals surface area contributed by atoms with Crippen molar-refractivity contribution < 1.29 is 0 Å². The quantitative estimate of drug-likeness (QED) is 0.776. The fourth-order valence-electron chi connectivity index (χ4n) is 1.66. The molecule has 0 saturated heterocycles. The van der Waals surface area contributed by atoms with Crippen molar-refractivity contribution in [3.8, 4) is 0 Å². The number of nitrogens with one attached hydrogen (secondary N) is 1.